The van der Waals surface area contributed by atoms with Gasteiger partial charge in [0.1, 0.15) is 0 Å². The molecule has 90 valence electrons. The van der Waals surface area contributed by atoms with E-state index in [9.17, 15) is 13.2 Å². The topological polar surface area (TPSA) is 126 Å². The molecule has 0 fully saturated rings. The van der Waals surface area contributed by atoms with Crippen LogP contribution in [-0.2, 0) is 10.0 Å². The molecule has 1 aromatic carbocycles. The molecule has 2 N–H and O–H groups in total. The fraction of sp³-hybridized carbons (Fsp3) is 0.222. The smallest absolute Gasteiger partial charge is 0.265 e. The average Bonchev–Trinajstić information content (AvgIpc) is 2.29. The number of nitrogens with two attached hydrogens (primary N) is 1. The number of carbonyl (C=O) groups excluding carboxylic acids is 1. The summed E-state index contributed by atoms with van der Waals surface area (Å²) in [5.74, 6) is -0.403. The van der Waals surface area contributed by atoms with Crippen molar-refractivity contribution >= 4 is 15.8 Å². The number of sulfonamides is 1. The number of hydrogen-bond acceptors (Lipinski definition) is 4. The second kappa shape index (κ2) is 5.44. The lowest BCUT2D eigenvalue weighted by atomic mass is 10.1. The summed E-state index contributed by atoms with van der Waals surface area (Å²) in [4.78, 5) is 13.6. The normalized spacial score (nSPS) is 10.6. The van der Waals surface area contributed by atoms with E-state index >= 15 is 0 Å². The van der Waals surface area contributed by atoms with Gasteiger partial charge in [0.05, 0.1) is 4.90 Å². The van der Waals surface area contributed by atoms with Gasteiger partial charge in [0.25, 0.3) is 10.0 Å². The van der Waals surface area contributed by atoms with E-state index in [4.69, 9.17) is 11.3 Å². The van der Waals surface area contributed by atoms with Gasteiger partial charge in [0.2, 0.25) is 0 Å². The van der Waals surface area contributed by atoms with Crippen LogP contribution in [0.25, 0.3) is 10.4 Å². The second-order valence-electron chi connectivity index (χ2n) is 3.10. The third-order valence-corrected chi connectivity index (χ3v) is 3.18. The first-order chi connectivity index (χ1) is 8.03. The van der Waals surface area contributed by atoms with E-state index in [1.165, 1.54) is 24.3 Å². The van der Waals surface area contributed by atoms with Crippen LogP contribution < -0.4 is 5.73 Å². The zero-order valence-electron chi connectivity index (χ0n) is 8.78. The largest absolute Gasteiger partial charge is 0.330 e. The molecule has 8 heteroatoms. The molecule has 0 atom stereocenters. The van der Waals surface area contributed by atoms with Crippen molar-refractivity contribution in [1.82, 2.24) is 0 Å². The van der Waals surface area contributed by atoms with Crippen LogP contribution in [0.5, 0.6) is 0 Å². The van der Waals surface area contributed by atoms with Crippen molar-refractivity contribution in [2.75, 3.05) is 6.54 Å². The fourth-order valence-corrected chi connectivity index (χ4v) is 2.17. The van der Waals surface area contributed by atoms with E-state index in [1.54, 1.807) is 0 Å². The summed E-state index contributed by atoms with van der Waals surface area (Å²) in [6.07, 6.45) is 0.0306. The highest BCUT2D eigenvalue weighted by atomic mass is 32.2. The summed E-state index contributed by atoms with van der Waals surface area (Å²) < 4.78 is 25.8. The van der Waals surface area contributed by atoms with Crippen LogP contribution in [-0.4, -0.2) is 20.7 Å². The van der Waals surface area contributed by atoms with Crippen LogP contribution in [0.15, 0.2) is 33.7 Å². The molecule has 0 spiro atoms. The Kier molecular flexibility index (Phi) is 4.22. The number of hydrogen-bond donors (Lipinski definition) is 1. The Hall–Kier alpha value is -1.89. The van der Waals surface area contributed by atoms with Gasteiger partial charge in [0, 0.05) is 21.4 Å². The van der Waals surface area contributed by atoms with Crippen LogP contribution in [0.2, 0.25) is 0 Å². The zero-order valence-corrected chi connectivity index (χ0v) is 9.59. The van der Waals surface area contributed by atoms with Crippen LogP contribution in [0.1, 0.15) is 16.8 Å². The molecule has 0 amide bonds. The van der Waals surface area contributed by atoms with Crippen molar-refractivity contribution in [1.29, 1.82) is 0 Å². The van der Waals surface area contributed by atoms with E-state index in [2.05, 4.69) is 9.43 Å². The molecule has 17 heavy (non-hydrogen) atoms. The minimum Gasteiger partial charge on any atom is -0.330 e. The molecule has 0 saturated heterocycles. The minimum atomic E-state index is -4.16. The van der Waals surface area contributed by atoms with E-state index in [0.29, 0.717) is 0 Å². The predicted octanol–water partition coefficient (Wildman–Crippen LogP) is 1.22. The molecular weight excluding hydrogens is 244 g/mol. The summed E-state index contributed by atoms with van der Waals surface area (Å²) >= 11 is 0. The summed E-state index contributed by atoms with van der Waals surface area (Å²) in [6.45, 7) is 0.120. The first-order valence-electron chi connectivity index (χ1n) is 4.66. The van der Waals surface area contributed by atoms with E-state index in [0.717, 1.165) is 0 Å². The Morgan fingerprint density at radius 1 is 1.41 bits per heavy atom. The Labute approximate surface area is 97.9 Å². The van der Waals surface area contributed by atoms with Crippen LogP contribution in [0.3, 0.4) is 0 Å². The Bertz CT molecular complexity index is 576. The lowest BCUT2D eigenvalue weighted by Crippen LogP contribution is -2.11. The summed E-state index contributed by atoms with van der Waals surface area (Å²) in [5, 5.41) is 0. The Balaban J connectivity index is 3.36. The Morgan fingerprint density at radius 2 is 2.06 bits per heavy atom. The van der Waals surface area contributed by atoms with Crippen LogP contribution >= 0.6 is 0 Å². The lowest BCUT2D eigenvalue weighted by Gasteiger charge is -2.05. The Morgan fingerprint density at radius 3 is 2.65 bits per heavy atom. The van der Waals surface area contributed by atoms with Gasteiger partial charge in [-0.2, -0.15) is 0 Å². The van der Waals surface area contributed by atoms with Crippen molar-refractivity contribution in [2.24, 2.45) is 10.3 Å². The van der Waals surface area contributed by atoms with Crippen LogP contribution in [0, 0.1) is 0 Å². The number of benzene rings is 1. The van der Waals surface area contributed by atoms with Gasteiger partial charge in [0.15, 0.2) is 5.78 Å². The van der Waals surface area contributed by atoms with Crippen LogP contribution in [0.4, 0.5) is 0 Å². The fourth-order valence-electron chi connectivity index (χ4n) is 1.28. The maximum atomic E-state index is 11.6. The number of carbonyl (C=O) groups is 1. The van der Waals surface area contributed by atoms with E-state index in [-0.39, 0.29) is 23.4 Å². The molecule has 0 saturated carbocycles. The van der Waals surface area contributed by atoms with Crippen molar-refractivity contribution in [3.8, 4) is 0 Å². The molecular formula is C9H10N4O3S. The SMILES string of the molecule is [N-]=[N+]=NS(=O)(=O)c1ccccc1C(=O)CCN. The lowest BCUT2D eigenvalue weighted by molar-refractivity contribution is 0.0982. The molecule has 0 aliphatic carbocycles. The zero-order chi connectivity index (χ0) is 12.9. The van der Waals surface area contributed by atoms with Gasteiger partial charge in [-0.25, -0.2) is 8.42 Å². The van der Waals surface area contributed by atoms with Gasteiger partial charge >= 0.3 is 0 Å². The van der Waals surface area contributed by atoms with Gasteiger partial charge in [-0.15, -0.1) is 0 Å². The highest BCUT2D eigenvalue weighted by molar-refractivity contribution is 7.90. The number of Topliss-reactive ketones (excluding diaryl/α,β-unsaturated/α-hetero) is 1. The van der Waals surface area contributed by atoms with Gasteiger partial charge in [-0.1, -0.05) is 18.2 Å². The molecule has 0 aromatic heterocycles. The summed E-state index contributed by atoms with van der Waals surface area (Å²) in [7, 11) is -4.16. The highest BCUT2D eigenvalue weighted by Gasteiger charge is 2.20. The molecule has 0 aliphatic rings. The highest BCUT2D eigenvalue weighted by Crippen LogP contribution is 2.19. The molecule has 0 bridgehead atoms. The van der Waals surface area contributed by atoms with Gasteiger partial charge in [-0.3, -0.25) is 4.79 Å². The monoisotopic (exact) mass is 254 g/mol. The second-order valence-corrected chi connectivity index (χ2v) is 4.66. The van der Waals surface area contributed by atoms with Crippen molar-refractivity contribution < 1.29 is 13.2 Å². The molecule has 0 radical (unpaired) electrons. The van der Waals surface area contributed by atoms with Crippen molar-refractivity contribution in [3.05, 3.63) is 40.3 Å². The van der Waals surface area contributed by atoms with Crippen molar-refractivity contribution in [2.45, 2.75) is 11.3 Å². The van der Waals surface area contributed by atoms with E-state index < -0.39 is 15.8 Å². The molecule has 0 heterocycles. The third-order valence-electron chi connectivity index (χ3n) is 1.98. The van der Waals surface area contributed by atoms with Gasteiger partial charge in [-0.05, 0) is 18.1 Å². The number of ketones is 1. The first kappa shape index (κ1) is 13.2. The number of nitrogens with zero attached hydrogens (tertiary/aromatic N) is 3. The quantitative estimate of drug-likeness (QED) is 0.366. The molecule has 7 nitrogen and oxygen atoms in total. The molecule has 0 unspecified atom stereocenters. The minimum absolute atomic E-state index is 0.00894. The molecule has 1 aromatic rings. The first-order valence-corrected chi connectivity index (χ1v) is 6.10. The van der Waals surface area contributed by atoms with E-state index in [1.807, 2.05) is 0 Å². The number of azide groups is 1. The van der Waals surface area contributed by atoms with Gasteiger partial charge < -0.3 is 5.73 Å². The third kappa shape index (κ3) is 3.04. The number of rotatable bonds is 5. The molecule has 0 aliphatic heterocycles. The average molecular weight is 254 g/mol. The summed E-state index contributed by atoms with van der Waals surface area (Å²) in [6, 6.07) is 5.55. The molecule has 1 rings (SSSR count). The maximum absolute atomic E-state index is 11.6. The standard InChI is InChI=1S/C9H10N4O3S/c10-6-5-8(14)7-3-1-2-4-9(7)17(15,16)13-12-11/h1-4H,5-6,10H2. The predicted molar refractivity (Wildman–Crippen MR) is 60.8 cm³/mol. The van der Waals surface area contributed by atoms with Crippen molar-refractivity contribution in [3.63, 3.8) is 0 Å². The summed E-state index contributed by atoms with van der Waals surface area (Å²) in [5.41, 5.74) is 13.4. The maximum Gasteiger partial charge on any atom is 0.265 e.